The van der Waals surface area contributed by atoms with Gasteiger partial charge in [-0.15, -0.1) is 0 Å². The van der Waals surface area contributed by atoms with Crippen molar-refractivity contribution in [3.8, 4) is 5.75 Å². The van der Waals surface area contributed by atoms with E-state index in [-0.39, 0.29) is 17.4 Å². The maximum Gasteiger partial charge on any atom is 0.314 e. The molecule has 35 heavy (non-hydrogen) atoms. The molecule has 182 valence electrons. The van der Waals surface area contributed by atoms with E-state index < -0.39 is 0 Å². The van der Waals surface area contributed by atoms with Gasteiger partial charge in [-0.2, -0.15) is 0 Å². The Hall–Kier alpha value is -3.38. The van der Waals surface area contributed by atoms with E-state index in [1.165, 1.54) is 11.1 Å². The zero-order valence-corrected chi connectivity index (χ0v) is 20.3. The summed E-state index contributed by atoms with van der Waals surface area (Å²) in [5.41, 5.74) is 9.82. The Bertz CT molecular complexity index is 1190. The Morgan fingerprint density at radius 2 is 1.63 bits per heavy atom. The van der Waals surface area contributed by atoms with Gasteiger partial charge in [-0.05, 0) is 30.2 Å². The first-order valence-corrected chi connectivity index (χ1v) is 12.5. The molecule has 3 aromatic rings. The second-order valence-electron chi connectivity index (χ2n) is 9.82. The van der Waals surface area contributed by atoms with Crippen LogP contribution in [0.5, 0.6) is 5.75 Å². The fourth-order valence-electron chi connectivity index (χ4n) is 5.63. The van der Waals surface area contributed by atoms with Crippen LogP contribution in [0.4, 0.5) is 20.6 Å². The van der Waals surface area contributed by atoms with Gasteiger partial charge in [-0.25, -0.2) is 9.18 Å². The number of nitrogens with zero attached hydrogens (tertiary/aromatic N) is 2. The van der Waals surface area contributed by atoms with Crippen molar-refractivity contribution in [3.63, 3.8) is 0 Å². The maximum atomic E-state index is 14.0. The Morgan fingerprint density at radius 3 is 2.29 bits per heavy atom. The number of hydrogen-bond acceptors (Lipinski definition) is 2. The monoisotopic (exact) mass is 474 g/mol. The van der Waals surface area contributed by atoms with E-state index in [1.807, 2.05) is 30.3 Å². The van der Waals surface area contributed by atoms with Gasteiger partial charge >= 0.3 is 6.03 Å². The third-order valence-electron chi connectivity index (χ3n) is 7.79. The van der Waals surface area contributed by atoms with Gasteiger partial charge in [0.2, 0.25) is 0 Å². The number of likely N-dealkylation sites (tertiary alicyclic amines) is 1. The molecule has 1 spiro atoms. The summed E-state index contributed by atoms with van der Waals surface area (Å²) >= 11 is 0. The van der Waals surface area contributed by atoms with Gasteiger partial charge in [0.25, 0.3) is 0 Å². The molecule has 1 fully saturated rings. The third kappa shape index (κ3) is 4.50. The van der Waals surface area contributed by atoms with Crippen molar-refractivity contribution >= 4 is 17.4 Å². The van der Waals surface area contributed by atoms with Crippen LogP contribution in [0.15, 0.2) is 72.8 Å². The predicted octanol–water partition coefficient (Wildman–Crippen LogP) is 5.92. The van der Waals surface area contributed by atoms with E-state index in [0.29, 0.717) is 17.6 Å². The molecule has 1 saturated heterocycles. The molecule has 0 radical (unpaired) electrons. The number of rotatable bonds is 4. The second kappa shape index (κ2) is 9.34. The number of fused-ring (bicyclic) bond motifs is 1. The molecule has 2 N–H and O–H groups in total. The van der Waals surface area contributed by atoms with Crippen molar-refractivity contribution in [2.75, 3.05) is 19.6 Å². The minimum atomic E-state index is -0.374. The number of para-hydroxylation sites is 2. The number of aryl methyl sites for hydroxylation is 1. The van der Waals surface area contributed by atoms with Gasteiger partial charge in [-0.1, -0.05) is 43.3 Å². The van der Waals surface area contributed by atoms with Gasteiger partial charge in [-0.3, -0.25) is 4.48 Å². The smallest absolute Gasteiger partial charge is 0.314 e. The first kappa shape index (κ1) is 23.4. The highest BCUT2D eigenvalue weighted by Gasteiger charge is 2.47. The number of benzene rings is 3. The van der Waals surface area contributed by atoms with E-state index >= 15 is 0 Å². The van der Waals surface area contributed by atoms with Crippen molar-refractivity contribution in [3.05, 3.63) is 89.7 Å². The Morgan fingerprint density at radius 1 is 0.971 bits per heavy atom. The van der Waals surface area contributed by atoms with Crippen LogP contribution < -0.4 is 15.0 Å². The molecule has 6 heteroatoms. The molecule has 0 aliphatic carbocycles. The molecule has 2 amide bonds. The molecule has 2 aliphatic rings. The number of quaternary nitrogens is 1. The molecule has 1 unspecified atom stereocenters. The Kier molecular flexibility index (Phi) is 6.24. The summed E-state index contributed by atoms with van der Waals surface area (Å²) in [4.78, 5) is 13.4. The van der Waals surface area contributed by atoms with Crippen molar-refractivity contribution in [2.24, 2.45) is 5.73 Å². The fraction of sp³-hybridized carbons (Fsp3) is 0.345. The number of hydrogen-bond donors (Lipinski definition) is 1. The average Bonchev–Trinajstić information content (AvgIpc) is 3.01. The molecule has 2 aliphatic heterocycles. The summed E-state index contributed by atoms with van der Waals surface area (Å²) < 4.78 is 21.3. The molecule has 1 atom stereocenters. The van der Waals surface area contributed by atoms with E-state index in [0.717, 1.165) is 55.9 Å². The number of amides is 2. The zero-order valence-electron chi connectivity index (χ0n) is 20.3. The Balaban J connectivity index is 1.59. The van der Waals surface area contributed by atoms with Gasteiger partial charge in [0, 0.05) is 56.1 Å². The number of halogens is 1. The predicted molar refractivity (Wildman–Crippen MR) is 137 cm³/mol. The van der Waals surface area contributed by atoms with E-state index in [2.05, 4.69) is 37.3 Å². The highest BCUT2D eigenvalue weighted by molar-refractivity contribution is 5.72. The number of nitrogens with two attached hydrogens (primary N) is 1. The first-order valence-electron chi connectivity index (χ1n) is 12.5. The largest absolute Gasteiger partial charge is 0.481 e. The molecular weight excluding hydrogens is 441 g/mol. The lowest BCUT2D eigenvalue weighted by Crippen LogP contribution is -2.52. The normalized spacial score (nSPS) is 21.1. The van der Waals surface area contributed by atoms with Crippen molar-refractivity contribution in [2.45, 2.75) is 44.8 Å². The number of primary amides is 1. The van der Waals surface area contributed by atoms with Crippen LogP contribution in [0, 0.1) is 5.82 Å². The Labute approximate surface area is 206 Å². The van der Waals surface area contributed by atoms with Crippen molar-refractivity contribution < 1.29 is 13.9 Å². The van der Waals surface area contributed by atoms with Gasteiger partial charge in [0.05, 0.1) is 6.54 Å². The maximum absolute atomic E-state index is 14.0. The summed E-state index contributed by atoms with van der Waals surface area (Å²) in [6.45, 7) is 4.88. The SMILES string of the molecule is CCc1ccc(C[N+]2(c3ccc(F)cc3)CCC3(CCN(C(N)=O)CC3)Oc3ccccc32)cc1. The standard InChI is InChI=1S/C29H32FN3O2/c1-2-22-7-9-23(10-8-22)21-33(25-13-11-24(30)12-14-25)20-17-29(15-18-32(19-16-29)28(31)34)35-27-6-4-3-5-26(27)33/h3-14H,2,15-21H2,1H3,(H-,31,34)/p+1. The number of carbonyl (C=O) groups excluding carboxylic acids is 1. The quantitative estimate of drug-likeness (QED) is 0.477. The summed E-state index contributed by atoms with van der Waals surface area (Å²) in [7, 11) is 0. The number of piperidine rings is 1. The highest BCUT2D eigenvalue weighted by atomic mass is 19.1. The van der Waals surface area contributed by atoms with Gasteiger partial charge in [0.15, 0.2) is 11.4 Å². The van der Waals surface area contributed by atoms with Crippen LogP contribution in [0.2, 0.25) is 0 Å². The van der Waals surface area contributed by atoms with E-state index in [4.69, 9.17) is 10.5 Å². The minimum Gasteiger partial charge on any atom is -0.481 e. The minimum absolute atomic E-state index is 0.242. The van der Waals surface area contributed by atoms with Gasteiger partial charge < -0.3 is 15.4 Å². The summed E-state index contributed by atoms with van der Waals surface area (Å²) in [6, 6.07) is 23.6. The van der Waals surface area contributed by atoms with Crippen molar-refractivity contribution in [1.82, 2.24) is 9.38 Å². The zero-order chi connectivity index (χ0) is 24.5. The van der Waals surface area contributed by atoms with Crippen LogP contribution in [0.25, 0.3) is 0 Å². The molecule has 0 bridgehead atoms. The molecule has 5 nitrogen and oxygen atoms in total. The number of ether oxygens (including phenoxy) is 1. The number of carbonyl (C=O) groups is 1. The summed E-state index contributed by atoms with van der Waals surface area (Å²) in [6.07, 6.45) is 3.29. The van der Waals surface area contributed by atoms with Crippen molar-refractivity contribution in [1.29, 1.82) is 0 Å². The van der Waals surface area contributed by atoms with Crippen LogP contribution in [0.1, 0.15) is 37.3 Å². The lowest BCUT2D eigenvalue weighted by Gasteiger charge is -2.40. The second-order valence-corrected chi connectivity index (χ2v) is 9.82. The third-order valence-corrected chi connectivity index (χ3v) is 7.79. The van der Waals surface area contributed by atoms with Crippen LogP contribution in [0.3, 0.4) is 0 Å². The topological polar surface area (TPSA) is 55.6 Å². The average molecular weight is 475 g/mol. The molecule has 5 rings (SSSR count). The molecule has 0 saturated carbocycles. The van der Waals surface area contributed by atoms with Crippen LogP contribution in [-0.2, 0) is 13.0 Å². The highest BCUT2D eigenvalue weighted by Crippen LogP contribution is 2.48. The molecule has 2 heterocycles. The molecule has 0 aromatic heterocycles. The van der Waals surface area contributed by atoms with Gasteiger partial charge in [0.1, 0.15) is 23.7 Å². The summed E-state index contributed by atoms with van der Waals surface area (Å²) in [5, 5.41) is 0. The lowest BCUT2D eigenvalue weighted by atomic mass is 9.87. The lowest BCUT2D eigenvalue weighted by molar-refractivity contribution is 0.00829. The molecular formula is C29H33FN3O2+. The summed E-state index contributed by atoms with van der Waals surface area (Å²) in [5.74, 6) is 0.612. The fourth-order valence-corrected chi connectivity index (χ4v) is 5.63. The number of urea groups is 1. The van der Waals surface area contributed by atoms with E-state index in [9.17, 15) is 9.18 Å². The van der Waals surface area contributed by atoms with E-state index in [1.54, 1.807) is 17.0 Å². The first-order chi connectivity index (χ1) is 16.9. The van der Waals surface area contributed by atoms with Crippen LogP contribution in [-0.4, -0.2) is 36.2 Å². The molecule has 3 aromatic carbocycles. The van der Waals surface area contributed by atoms with Crippen LogP contribution >= 0.6 is 0 Å².